The van der Waals surface area contributed by atoms with Gasteiger partial charge in [-0.3, -0.25) is 14.4 Å². The van der Waals surface area contributed by atoms with Gasteiger partial charge in [0.15, 0.2) is 6.10 Å². The fourth-order valence-corrected chi connectivity index (χ4v) is 7.25. The van der Waals surface area contributed by atoms with Crippen molar-refractivity contribution in [3.63, 3.8) is 0 Å². The summed E-state index contributed by atoms with van der Waals surface area (Å²) in [5.74, 6) is -1.01. The van der Waals surface area contributed by atoms with Crippen LogP contribution in [0.3, 0.4) is 0 Å². The van der Waals surface area contributed by atoms with E-state index in [0.717, 1.165) is 116 Å². The molecule has 0 aliphatic carbocycles. The molecule has 0 unspecified atom stereocenters. The van der Waals surface area contributed by atoms with Crippen molar-refractivity contribution in [2.24, 2.45) is 0 Å². The number of carbonyl (C=O) groups is 3. The summed E-state index contributed by atoms with van der Waals surface area (Å²) in [5, 5.41) is 0. The SMILES string of the molecule is CC/C=C\C/C=C\C/C=C\C/C=C\C/C=C\C/C=C\CCC(=O)OC[C@H](COC(=O)CCCCCCC/C=C\C/C=C\C/C=C\CC)OC(=O)CCCCCCCCCCCCCCCCC. The van der Waals surface area contributed by atoms with Gasteiger partial charge in [0.1, 0.15) is 13.2 Å². The second kappa shape index (κ2) is 54.7. The van der Waals surface area contributed by atoms with E-state index in [1.54, 1.807) is 0 Å². The zero-order valence-corrected chi connectivity index (χ0v) is 43.4. The summed E-state index contributed by atoms with van der Waals surface area (Å²) in [4.78, 5) is 38.1. The van der Waals surface area contributed by atoms with Gasteiger partial charge in [-0.05, 0) is 89.9 Å². The number of allylic oxidation sites excluding steroid dienone is 18. The minimum absolute atomic E-state index is 0.110. The lowest BCUT2D eigenvalue weighted by atomic mass is 10.0. The molecule has 0 N–H and O–H groups in total. The number of rotatable bonds is 48. The van der Waals surface area contributed by atoms with Crippen molar-refractivity contribution in [2.45, 2.75) is 245 Å². The van der Waals surface area contributed by atoms with E-state index in [-0.39, 0.29) is 37.5 Å². The Bertz CT molecular complexity index is 1390. The molecule has 0 aromatic carbocycles. The first kappa shape index (κ1) is 63.1. The number of unbranched alkanes of at least 4 members (excludes halogenated alkanes) is 19. The van der Waals surface area contributed by atoms with Crippen molar-refractivity contribution in [3.8, 4) is 0 Å². The van der Waals surface area contributed by atoms with Crippen LogP contribution >= 0.6 is 0 Å². The minimum Gasteiger partial charge on any atom is -0.462 e. The van der Waals surface area contributed by atoms with Crippen LogP contribution in [0.5, 0.6) is 0 Å². The lowest BCUT2D eigenvalue weighted by molar-refractivity contribution is -0.166. The molecule has 0 amide bonds. The van der Waals surface area contributed by atoms with E-state index in [0.29, 0.717) is 19.3 Å². The number of hydrogen-bond acceptors (Lipinski definition) is 6. The highest BCUT2D eigenvalue weighted by molar-refractivity contribution is 5.71. The number of ether oxygens (including phenoxy) is 3. The van der Waals surface area contributed by atoms with Crippen LogP contribution in [0.4, 0.5) is 0 Å². The predicted molar refractivity (Wildman–Crippen MR) is 288 cm³/mol. The van der Waals surface area contributed by atoms with Crippen LogP contribution < -0.4 is 0 Å². The van der Waals surface area contributed by atoms with Gasteiger partial charge in [0.2, 0.25) is 0 Å². The van der Waals surface area contributed by atoms with E-state index in [1.807, 2.05) is 6.08 Å². The lowest BCUT2D eigenvalue weighted by Crippen LogP contribution is -2.30. The molecule has 6 nitrogen and oxygen atoms in total. The Hall–Kier alpha value is -3.93. The maximum Gasteiger partial charge on any atom is 0.306 e. The Morgan fingerprint density at radius 2 is 0.612 bits per heavy atom. The van der Waals surface area contributed by atoms with Gasteiger partial charge in [-0.25, -0.2) is 0 Å². The first-order valence-electron chi connectivity index (χ1n) is 27.4. The Balaban J connectivity index is 4.52. The zero-order chi connectivity index (χ0) is 48.6. The summed E-state index contributed by atoms with van der Waals surface area (Å²) in [5.41, 5.74) is 0. The van der Waals surface area contributed by atoms with Gasteiger partial charge >= 0.3 is 17.9 Å². The smallest absolute Gasteiger partial charge is 0.306 e. The molecule has 0 radical (unpaired) electrons. The van der Waals surface area contributed by atoms with Crippen LogP contribution in [0, 0.1) is 0 Å². The van der Waals surface area contributed by atoms with Crippen LogP contribution in [-0.4, -0.2) is 37.2 Å². The fourth-order valence-electron chi connectivity index (χ4n) is 7.25. The molecule has 0 bridgehead atoms. The predicted octanol–water partition coefficient (Wildman–Crippen LogP) is 18.3. The maximum atomic E-state index is 12.8. The Labute approximate surface area is 412 Å². The summed E-state index contributed by atoms with van der Waals surface area (Å²) in [7, 11) is 0. The molecule has 0 saturated carbocycles. The Morgan fingerprint density at radius 1 is 0.313 bits per heavy atom. The highest BCUT2D eigenvalue weighted by Crippen LogP contribution is 2.15. The number of esters is 3. The highest BCUT2D eigenvalue weighted by atomic mass is 16.6. The summed E-state index contributed by atoms with van der Waals surface area (Å²) >= 11 is 0. The molecule has 0 aromatic rings. The van der Waals surface area contributed by atoms with E-state index in [9.17, 15) is 14.4 Å². The molecule has 0 heterocycles. The van der Waals surface area contributed by atoms with Crippen LogP contribution in [0.15, 0.2) is 109 Å². The number of hydrogen-bond donors (Lipinski definition) is 0. The third kappa shape index (κ3) is 52.9. The largest absolute Gasteiger partial charge is 0.462 e. The molecule has 0 saturated heterocycles. The lowest BCUT2D eigenvalue weighted by Gasteiger charge is -2.18. The van der Waals surface area contributed by atoms with Crippen LogP contribution in [0.1, 0.15) is 239 Å². The van der Waals surface area contributed by atoms with Crippen molar-refractivity contribution in [3.05, 3.63) is 109 Å². The molecule has 0 aliphatic rings. The monoisotopic (exact) mass is 929 g/mol. The van der Waals surface area contributed by atoms with Gasteiger partial charge in [-0.2, -0.15) is 0 Å². The topological polar surface area (TPSA) is 78.9 Å². The summed E-state index contributed by atoms with van der Waals surface area (Å²) in [6, 6.07) is 0. The zero-order valence-electron chi connectivity index (χ0n) is 43.4. The van der Waals surface area contributed by atoms with E-state index in [2.05, 4.69) is 124 Å². The van der Waals surface area contributed by atoms with Gasteiger partial charge in [-0.15, -0.1) is 0 Å². The standard InChI is InChI=1S/C61H100O6/c1-4-7-10-13-16-19-22-25-28-29-30-31-34-36-39-42-45-48-51-54-60(63)66-57-58(67-61(64)55-52-49-46-43-40-37-33-27-24-21-18-15-12-9-6-3)56-65-59(62)53-50-47-44-41-38-35-32-26-23-20-17-14-11-8-5-2/h7-8,10-11,16-17,19-20,25-26,28,30-32,36,39,45,48,58H,4-6,9,12-15,18,21-24,27,29,33-35,37-38,40-44,46-47,49-57H2,1-3H3/b10-7-,11-8-,19-16-,20-17-,28-25-,31-30-,32-26-,39-36-,48-45-/t58-/m0/s1. The first-order chi connectivity index (χ1) is 33.0. The molecule has 67 heavy (non-hydrogen) atoms. The maximum absolute atomic E-state index is 12.8. The second-order valence-electron chi connectivity index (χ2n) is 17.7. The van der Waals surface area contributed by atoms with Gasteiger partial charge < -0.3 is 14.2 Å². The van der Waals surface area contributed by atoms with Crippen molar-refractivity contribution in [1.82, 2.24) is 0 Å². The number of carbonyl (C=O) groups excluding carboxylic acids is 3. The van der Waals surface area contributed by atoms with Crippen LogP contribution in [0.25, 0.3) is 0 Å². The van der Waals surface area contributed by atoms with Gasteiger partial charge in [0.05, 0.1) is 0 Å². The molecular weight excluding hydrogens is 829 g/mol. The van der Waals surface area contributed by atoms with E-state index in [1.165, 1.54) is 77.0 Å². The third-order valence-corrected chi connectivity index (χ3v) is 11.3. The van der Waals surface area contributed by atoms with E-state index < -0.39 is 6.10 Å². The van der Waals surface area contributed by atoms with Crippen molar-refractivity contribution in [2.75, 3.05) is 13.2 Å². The summed E-state index contributed by atoms with van der Waals surface area (Å²) in [6.07, 6.45) is 73.7. The molecule has 0 rings (SSSR count). The second-order valence-corrected chi connectivity index (χ2v) is 17.7. The molecule has 1 atom stereocenters. The van der Waals surface area contributed by atoms with E-state index >= 15 is 0 Å². The van der Waals surface area contributed by atoms with Crippen molar-refractivity contribution in [1.29, 1.82) is 0 Å². The molecule has 0 spiro atoms. The average molecular weight is 929 g/mol. The average Bonchev–Trinajstić information content (AvgIpc) is 3.33. The Morgan fingerprint density at radius 3 is 1.00 bits per heavy atom. The van der Waals surface area contributed by atoms with Gasteiger partial charge in [-0.1, -0.05) is 239 Å². The van der Waals surface area contributed by atoms with E-state index in [4.69, 9.17) is 14.2 Å². The Kier molecular flexibility index (Phi) is 51.5. The minimum atomic E-state index is -0.816. The first-order valence-corrected chi connectivity index (χ1v) is 27.4. The van der Waals surface area contributed by atoms with Crippen molar-refractivity contribution < 1.29 is 28.6 Å². The molecule has 6 heteroatoms. The van der Waals surface area contributed by atoms with Crippen molar-refractivity contribution >= 4 is 17.9 Å². The molecule has 380 valence electrons. The van der Waals surface area contributed by atoms with Crippen LogP contribution in [-0.2, 0) is 28.6 Å². The molecular formula is C61H100O6. The van der Waals surface area contributed by atoms with Gasteiger partial charge in [0.25, 0.3) is 0 Å². The highest BCUT2D eigenvalue weighted by Gasteiger charge is 2.19. The quantitative estimate of drug-likeness (QED) is 0.0262. The molecule has 0 aliphatic heterocycles. The normalized spacial score (nSPS) is 12.9. The van der Waals surface area contributed by atoms with Crippen LogP contribution in [0.2, 0.25) is 0 Å². The summed E-state index contributed by atoms with van der Waals surface area (Å²) in [6.45, 7) is 6.33. The van der Waals surface area contributed by atoms with Gasteiger partial charge in [0, 0.05) is 19.3 Å². The summed E-state index contributed by atoms with van der Waals surface area (Å²) < 4.78 is 16.8. The fraction of sp³-hybridized carbons (Fsp3) is 0.656. The third-order valence-electron chi connectivity index (χ3n) is 11.3. The molecule has 0 fully saturated rings. The molecule has 0 aromatic heterocycles.